The number of hydrogen-bond donors (Lipinski definition) is 2. The van der Waals surface area contributed by atoms with Gasteiger partial charge in [0.2, 0.25) is 0 Å². The molecule has 2 fully saturated rings. The number of fused-ring (bicyclic) bond motifs is 1. The normalized spacial score (nSPS) is 22.9. The van der Waals surface area contributed by atoms with Gasteiger partial charge in [-0.1, -0.05) is 37.2 Å². The molecule has 2 heterocycles. The van der Waals surface area contributed by atoms with E-state index >= 15 is 0 Å². The maximum absolute atomic E-state index is 11.3. The van der Waals surface area contributed by atoms with Crippen LogP contribution in [0.2, 0.25) is 0 Å². The zero-order valence-corrected chi connectivity index (χ0v) is 20.2. The molecule has 1 aliphatic carbocycles. The zero-order chi connectivity index (χ0) is 23.4. The number of aromatic nitrogens is 1. The predicted octanol–water partition coefficient (Wildman–Crippen LogP) is 5.24. The minimum Gasteiger partial charge on any atom is -0.465 e. The van der Waals surface area contributed by atoms with Gasteiger partial charge in [0.15, 0.2) is 0 Å². The quantitative estimate of drug-likeness (QED) is 0.443. The number of para-hydroxylation sites is 1. The molecule has 4 rings (SSSR count). The van der Waals surface area contributed by atoms with Crippen LogP contribution in [0.4, 0.5) is 4.79 Å². The average molecular weight is 455 g/mol. The molecule has 7 heteroatoms. The fourth-order valence-corrected chi connectivity index (χ4v) is 5.99. The molecule has 2 aliphatic rings. The van der Waals surface area contributed by atoms with E-state index in [4.69, 9.17) is 4.84 Å². The molecule has 1 aromatic carbocycles. The third-order valence-corrected chi connectivity index (χ3v) is 7.81. The van der Waals surface area contributed by atoms with E-state index in [-0.39, 0.29) is 6.54 Å². The number of rotatable bonds is 7. The molecule has 7 nitrogen and oxygen atoms in total. The van der Waals surface area contributed by atoms with Gasteiger partial charge in [-0.2, -0.15) is 0 Å². The molecule has 2 N–H and O–H groups in total. The Hall–Kier alpha value is -2.54. The van der Waals surface area contributed by atoms with Crippen LogP contribution < -0.4 is 5.32 Å². The van der Waals surface area contributed by atoms with Gasteiger partial charge in [0.05, 0.1) is 12.8 Å². The predicted molar refractivity (Wildman–Crippen MR) is 132 cm³/mol. The summed E-state index contributed by atoms with van der Waals surface area (Å²) in [5.41, 5.74) is 3.01. The lowest BCUT2D eigenvalue weighted by Crippen LogP contribution is -2.44. The number of oxime groups is 1. The Labute approximate surface area is 196 Å². The van der Waals surface area contributed by atoms with Crippen LogP contribution in [0.15, 0.2) is 29.4 Å². The molecule has 0 atom stereocenters. The van der Waals surface area contributed by atoms with E-state index in [0.717, 1.165) is 66.0 Å². The monoisotopic (exact) mass is 454 g/mol. The number of piperidine rings is 1. The van der Waals surface area contributed by atoms with Crippen molar-refractivity contribution in [3.05, 3.63) is 35.5 Å². The number of carboxylic acid groups (broad SMARTS) is 1. The van der Waals surface area contributed by atoms with Crippen molar-refractivity contribution in [2.45, 2.75) is 71.0 Å². The summed E-state index contributed by atoms with van der Waals surface area (Å²) in [5.74, 6) is 1.69. The molecular weight excluding hydrogens is 416 g/mol. The third-order valence-electron chi connectivity index (χ3n) is 7.81. The van der Waals surface area contributed by atoms with Crippen molar-refractivity contribution < 1.29 is 14.7 Å². The SMILES string of the molecule is CON=Cc1c(CNC(=O)O)n(C2CCN(C3CCC(C(C)C)CC3)CC2)c2ccccc12. The fraction of sp³-hybridized carbons (Fsp3) is 0.615. The smallest absolute Gasteiger partial charge is 0.404 e. The summed E-state index contributed by atoms with van der Waals surface area (Å²) in [6, 6.07) is 9.33. The highest BCUT2D eigenvalue weighted by Crippen LogP contribution is 2.37. The van der Waals surface area contributed by atoms with Gasteiger partial charge in [0.25, 0.3) is 0 Å². The molecule has 1 aromatic heterocycles. The second kappa shape index (κ2) is 10.6. The van der Waals surface area contributed by atoms with Gasteiger partial charge in [0, 0.05) is 47.3 Å². The first-order valence-corrected chi connectivity index (χ1v) is 12.4. The first-order chi connectivity index (χ1) is 16.0. The van der Waals surface area contributed by atoms with Crippen LogP contribution in [-0.2, 0) is 11.4 Å². The molecule has 1 amide bonds. The number of carbonyl (C=O) groups is 1. The van der Waals surface area contributed by atoms with E-state index < -0.39 is 6.09 Å². The molecule has 33 heavy (non-hydrogen) atoms. The van der Waals surface area contributed by atoms with Crippen LogP contribution in [0.25, 0.3) is 10.9 Å². The average Bonchev–Trinajstić information content (AvgIpc) is 3.14. The molecule has 0 bridgehead atoms. The lowest BCUT2D eigenvalue weighted by molar-refractivity contribution is 0.0889. The summed E-state index contributed by atoms with van der Waals surface area (Å²) < 4.78 is 2.36. The van der Waals surface area contributed by atoms with E-state index in [2.05, 4.69) is 45.9 Å². The van der Waals surface area contributed by atoms with Gasteiger partial charge in [-0.25, -0.2) is 4.79 Å². The van der Waals surface area contributed by atoms with Crippen LogP contribution in [0.1, 0.15) is 69.7 Å². The van der Waals surface area contributed by atoms with Gasteiger partial charge >= 0.3 is 6.09 Å². The highest BCUT2D eigenvalue weighted by Gasteiger charge is 2.31. The van der Waals surface area contributed by atoms with E-state index in [9.17, 15) is 9.90 Å². The van der Waals surface area contributed by atoms with Gasteiger partial charge in [-0.3, -0.25) is 0 Å². The Kier molecular flexibility index (Phi) is 7.58. The number of hydrogen-bond acceptors (Lipinski definition) is 4. The first-order valence-electron chi connectivity index (χ1n) is 12.4. The van der Waals surface area contributed by atoms with Crippen molar-refractivity contribution in [3.63, 3.8) is 0 Å². The van der Waals surface area contributed by atoms with Crippen molar-refractivity contribution in [1.82, 2.24) is 14.8 Å². The summed E-state index contributed by atoms with van der Waals surface area (Å²) in [4.78, 5) is 19.0. The van der Waals surface area contributed by atoms with Crippen molar-refractivity contribution in [2.75, 3.05) is 20.2 Å². The summed E-state index contributed by atoms with van der Waals surface area (Å²) in [7, 11) is 1.52. The van der Waals surface area contributed by atoms with Crippen LogP contribution in [0, 0.1) is 11.8 Å². The van der Waals surface area contributed by atoms with Crippen LogP contribution in [0.3, 0.4) is 0 Å². The van der Waals surface area contributed by atoms with Crippen LogP contribution >= 0.6 is 0 Å². The highest BCUT2D eigenvalue weighted by molar-refractivity contribution is 6.01. The van der Waals surface area contributed by atoms with Gasteiger partial charge in [-0.05, 0) is 56.4 Å². The Morgan fingerprint density at radius 2 is 1.85 bits per heavy atom. The Balaban J connectivity index is 1.55. The summed E-state index contributed by atoms with van der Waals surface area (Å²) in [6.07, 6.45) is 8.20. The largest absolute Gasteiger partial charge is 0.465 e. The fourth-order valence-electron chi connectivity index (χ4n) is 5.99. The number of amides is 1. The molecule has 1 saturated carbocycles. The summed E-state index contributed by atoms with van der Waals surface area (Å²) >= 11 is 0. The maximum atomic E-state index is 11.3. The molecule has 180 valence electrons. The lowest BCUT2D eigenvalue weighted by atomic mass is 9.79. The lowest BCUT2D eigenvalue weighted by Gasteiger charge is -2.42. The highest BCUT2D eigenvalue weighted by atomic mass is 16.6. The summed E-state index contributed by atoms with van der Waals surface area (Å²) in [5, 5.41) is 16.9. The second-order valence-corrected chi connectivity index (χ2v) is 9.90. The minimum atomic E-state index is -1.02. The number of nitrogens with zero attached hydrogens (tertiary/aromatic N) is 3. The Bertz CT molecular complexity index is 967. The molecule has 1 aliphatic heterocycles. The summed E-state index contributed by atoms with van der Waals surface area (Å²) in [6.45, 7) is 7.16. The molecule has 2 aromatic rings. The Morgan fingerprint density at radius 1 is 1.15 bits per heavy atom. The van der Waals surface area contributed by atoms with Crippen molar-refractivity contribution >= 4 is 23.2 Å². The van der Waals surface area contributed by atoms with Crippen molar-refractivity contribution in [3.8, 4) is 0 Å². The number of benzene rings is 1. The first kappa shape index (κ1) is 23.6. The van der Waals surface area contributed by atoms with Gasteiger partial charge in [-0.15, -0.1) is 0 Å². The number of likely N-dealkylation sites (tertiary alicyclic amines) is 1. The van der Waals surface area contributed by atoms with Crippen LogP contribution in [0.5, 0.6) is 0 Å². The van der Waals surface area contributed by atoms with Crippen molar-refractivity contribution in [1.29, 1.82) is 0 Å². The van der Waals surface area contributed by atoms with Crippen molar-refractivity contribution in [2.24, 2.45) is 17.0 Å². The standard InChI is InChI=1S/C26H38N4O3/c1-18(2)19-8-10-20(11-9-19)29-14-12-21(13-15-29)30-24-7-5-4-6-22(24)23(16-28-33-3)25(30)17-27-26(31)32/h4-7,16,18-21,27H,8-15,17H2,1-3H3,(H,31,32). The molecule has 0 unspecified atom stereocenters. The number of nitrogens with one attached hydrogen (secondary N) is 1. The Morgan fingerprint density at radius 3 is 2.48 bits per heavy atom. The molecular formula is C26H38N4O3. The van der Waals surface area contributed by atoms with E-state index in [0.29, 0.717) is 6.04 Å². The maximum Gasteiger partial charge on any atom is 0.404 e. The molecule has 1 saturated heterocycles. The minimum absolute atomic E-state index is 0.245. The molecule has 0 radical (unpaired) electrons. The van der Waals surface area contributed by atoms with E-state index in [1.807, 2.05) is 12.1 Å². The molecule has 0 spiro atoms. The second-order valence-electron chi connectivity index (χ2n) is 9.90. The van der Waals surface area contributed by atoms with E-state index in [1.54, 1.807) is 6.21 Å². The zero-order valence-electron chi connectivity index (χ0n) is 20.2. The van der Waals surface area contributed by atoms with E-state index in [1.165, 1.54) is 32.8 Å². The van der Waals surface area contributed by atoms with Crippen LogP contribution in [-0.4, -0.2) is 53.1 Å². The van der Waals surface area contributed by atoms with Gasteiger partial charge in [0.1, 0.15) is 7.11 Å². The van der Waals surface area contributed by atoms with Gasteiger partial charge < -0.3 is 24.7 Å². The topological polar surface area (TPSA) is 79.1 Å². The third kappa shape index (κ3) is 5.18.